The van der Waals surface area contributed by atoms with Gasteiger partial charge in [0.2, 0.25) is 0 Å². The van der Waals surface area contributed by atoms with Crippen LogP contribution in [0.4, 0.5) is 11.4 Å². The largest absolute Gasteiger partial charge is 0.481 e. The van der Waals surface area contributed by atoms with Gasteiger partial charge < -0.3 is 10.1 Å². The molecule has 6 nitrogen and oxygen atoms in total. The number of halogens is 1. The first-order chi connectivity index (χ1) is 10.5. The molecule has 2 rings (SSSR count). The van der Waals surface area contributed by atoms with Crippen LogP contribution in [0.25, 0.3) is 0 Å². The number of carbonyl (C=O) groups is 1. The molecule has 1 amide bonds. The van der Waals surface area contributed by atoms with E-state index in [0.29, 0.717) is 16.5 Å². The topological polar surface area (TPSA) is 81.5 Å². The number of amides is 1. The summed E-state index contributed by atoms with van der Waals surface area (Å²) in [6.45, 7) is 1.58. The molecule has 7 heteroatoms. The number of nitro benzene ring substituents is 1. The molecule has 0 saturated heterocycles. The number of hydrogen-bond donors (Lipinski definition) is 1. The van der Waals surface area contributed by atoms with E-state index in [4.69, 9.17) is 16.3 Å². The quantitative estimate of drug-likeness (QED) is 0.673. The fourth-order valence-electron chi connectivity index (χ4n) is 1.74. The van der Waals surface area contributed by atoms with E-state index in [-0.39, 0.29) is 5.69 Å². The summed E-state index contributed by atoms with van der Waals surface area (Å²) in [7, 11) is 0. The minimum Gasteiger partial charge on any atom is -0.481 e. The minimum absolute atomic E-state index is 0.0961. The van der Waals surface area contributed by atoms with Gasteiger partial charge in [0.15, 0.2) is 6.10 Å². The number of hydrogen-bond acceptors (Lipinski definition) is 4. The van der Waals surface area contributed by atoms with Crippen LogP contribution in [0.1, 0.15) is 6.92 Å². The van der Waals surface area contributed by atoms with E-state index < -0.39 is 16.9 Å². The maximum Gasteiger partial charge on any atom is 0.271 e. The van der Waals surface area contributed by atoms with Crippen LogP contribution in [0.15, 0.2) is 48.5 Å². The summed E-state index contributed by atoms with van der Waals surface area (Å²) in [6, 6.07) is 12.4. The Kier molecular flexibility index (Phi) is 4.95. The molecule has 0 aliphatic rings. The van der Waals surface area contributed by atoms with Gasteiger partial charge in [-0.15, -0.1) is 0 Å². The van der Waals surface area contributed by atoms with Gasteiger partial charge in [-0.25, -0.2) is 0 Å². The Balaban J connectivity index is 2.02. The van der Waals surface area contributed by atoms with Crippen LogP contribution < -0.4 is 10.1 Å². The second-order valence-electron chi connectivity index (χ2n) is 4.51. The third-order valence-corrected chi connectivity index (χ3v) is 3.04. The molecule has 0 radical (unpaired) electrons. The fourth-order valence-corrected chi connectivity index (χ4v) is 1.92. The van der Waals surface area contributed by atoms with Crippen molar-refractivity contribution in [1.82, 2.24) is 0 Å². The zero-order valence-corrected chi connectivity index (χ0v) is 12.4. The Labute approximate surface area is 131 Å². The van der Waals surface area contributed by atoms with Crippen LogP contribution in [0.5, 0.6) is 5.75 Å². The Hall–Kier alpha value is -2.60. The molecule has 22 heavy (non-hydrogen) atoms. The lowest BCUT2D eigenvalue weighted by Crippen LogP contribution is -2.30. The zero-order valence-electron chi connectivity index (χ0n) is 11.7. The monoisotopic (exact) mass is 320 g/mol. The second-order valence-corrected chi connectivity index (χ2v) is 4.95. The van der Waals surface area contributed by atoms with E-state index >= 15 is 0 Å². The number of nitrogens with one attached hydrogen (secondary N) is 1. The lowest BCUT2D eigenvalue weighted by Gasteiger charge is -2.14. The van der Waals surface area contributed by atoms with Gasteiger partial charge in [-0.1, -0.05) is 23.7 Å². The van der Waals surface area contributed by atoms with Crippen LogP contribution in [0, 0.1) is 10.1 Å². The number of ether oxygens (including phenoxy) is 1. The molecule has 0 spiro atoms. The average molecular weight is 321 g/mol. The number of carbonyl (C=O) groups excluding carboxylic acids is 1. The normalized spacial score (nSPS) is 11.5. The maximum absolute atomic E-state index is 12.0. The van der Waals surface area contributed by atoms with Crippen LogP contribution in [0.2, 0.25) is 5.02 Å². The van der Waals surface area contributed by atoms with Crippen molar-refractivity contribution in [2.45, 2.75) is 13.0 Å². The summed E-state index contributed by atoms with van der Waals surface area (Å²) < 4.78 is 5.48. The van der Waals surface area contributed by atoms with E-state index in [0.717, 1.165) is 0 Å². The fraction of sp³-hybridized carbons (Fsp3) is 0.133. The number of anilines is 1. The highest BCUT2D eigenvalue weighted by Gasteiger charge is 2.16. The van der Waals surface area contributed by atoms with Crippen molar-refractivity contribution in [3.63, 3.8) is 0 Å². The number of non-ortho nitro benzene ring substituents is 1. The van der Waals surface area contributed by atoms with Gasteiger partial charge in [0.05, 0.1) is 4.92 Å². The highest BCUT2D eigenvalue weighted by atomic mass is 35.5. The zero-order chi connectivity index (χ0) is 16.1. The predicted molar refractivity (Wildman–Crippen MR) is 83.3 cm³/mol. The third-order valence-electron chi connectivity index (χ3n) is 2.80. The lowest BCUT2D eigenvalue weighted by atomic mass is 10.2. The molecule has 114 valence electrons. The third kappa shape index (κ3) is 4.20. The Morgan fingerprint density at radius 1 is 1.27 bits per heavy atom. The summed E-state index contributed by atoms with van der Waals surface area (Å²) in [5.74, 6) is 0.0506. The Morgan fingerprint density at radius 3 is 2.68 bits per heavy atom. The van der Waals surface area contributed by atoms with E-state index in [1.807, 2.05) is 0 Å². The summed E-state index contributed by atoms with van der Waals surface area (Å²) >= 11 is 5.84. The van der Waals surface area contributed by atoms with Gasteiger partial charge >= 0.3 is 0 Å². The molecule has 2 aromatic rings. The van der Waals surface area contributed by atoms with Gasteiger partial charge in [0, 0.05) is 22.8 Å². The highest BCUT2D eigenvalue weighted by molar-refractivity contribution is 6.30. The smallest absolute Gasteiger partial charge is 0.271 e. The number of benzene rings is 2. The molecule has 0 fully saturated rings. The number of rotatable bonds is 5. The highest BCUT2D eigenvalue weighted by Crippen LogP contribution is 2.20. The maximum atomic E-state index is 12.0. The number of nitro groups is 1. The van der Waals surface area contributed by atoms with Crippen LogP contribution in [-0.2, 0) is 4.79 Å². The van der Waals surface area contributed by atoms with Crippen molar-refractivity contribution in [1.29, 1.82) is 0 Å². The van der Waals surface area contributed by atoms with Crippen LogP contribution in [0.3, 0.4) is 0 Å². The van der Waals surface area contributed by atoms with Crippen molar-refractivity contribution < 1.29 is 14.5 Å². The lowest BCUT2D eigenvalue weighted by molar-refractivity contribution is -0.384. The van der Waals surface area contributed by atoms with Crippen molar-refractivity contribution in [3.05, 3.63) is 63.7 Å². The van der Waals surface area contributed by atoms with Crippen molar-refractivity contribution in [3.8, 4) is 5.75 Å². The Bertz CT molecular complexity index is 705. The molecule has 0 aliphatic carbocycles. The molecule has 0 heterocycles. The first-order valence-electron chi connectivity index (χ1n) is 6.43. The molecule has 2 aromatic carbocycles. The first-order valence-corrected chi connectivity index (χ1v) is 6.81. The molecule has 0 aromatic heterocycles. The SMILES string of the molecule is C[C@H](Oc1cccc(Cl)c1)C(=O)Nc1cccc([N+](=O)[O-])c1. The standard InChI is InChI=1S/C15H13ClN2O4/c1-10(22-14-7-2-4-11(16)8-14)15(19)17-12-5-3-6-13(9-12)18(20)21/h2-10H,1H3,(H,17,19)/t10-/m0/s1. The molecule has 0 saturated carbocycles. The van der Waals surface area contributed by atoms with Gasteiger partial charge in [-0.2, -0.15) is 0 Å². The molecule has 0 unspecified atom stereocenters. The van der Waals surface area contributed by atoms with Crippen molar-refractivity contribution in [2.24, 2.45) is 0 Å². The molecule has 1 atom stereocenters. The van der Waals surface area contributed by atoms with Crippen LogP contribution in [-0.4, -0.2) is 16.9 Å². The molecule has 0 bridgehead atoms. The second kappa shape index (κ2) is 6.91. The van der Waals surface area contributed by atoms with Gasteiger partial charge in [-0.3, -0.25) is 14.9 Å². The van der Waals surface area contributed by atoms with Gasteiger partial charge in [0.1, 0.15) is 5.75 Å². The number of nitrogens with zero attached hydrogens (tertiary/aromatic N) is 1. The summed E-state index contributed by atoms with van der Waals surface area (Å²) in [6.07, 6.45) is -0.780. The van der Waals surface area contributed by atoms with Gasteiger partial charge in [0.25, 0.3) is 11.6 Å². The molecular weight excluding hydrogens is 308 g/mol. The summed E-state index contributed by atoms with van der Waals surface area (Å²) in [5, 5.41) is 13.8. The van der Waals surface area contributed by atoms with Crippen molar-refractivity contribution >= 4 is 28.9 Å². The molecular formula is C15H13ClN2O4. The van der Waals surface area contributed by atoms with Gasteiger partial charge in [-0.05, 0) is 31.2 Å². The van der Waals surface area contributed by atoms with E-state index in [1.54, 1.807) is 37.3 Å². The summed E-state index contributed by atoms with van der Waals surface area (Å²) in [5.41, 5.74) is 0.238. The van der Waals surface area contributed by atoms with Crippen molar-refractivity contribution in [2.75, 3.05) is 5.32 Å². The Morgan fingerprint density at radius 2 is 2.00 bits per heavy atom. The first kappa shape index (κ1) is 15.8. The van der Waals surface area contributed by atoms with E-state index in [1.165, 1.54) is 18.2 Å². The average Bonchev–Trinajstić information content (AvgIpc) is 2.47. The molecule has 1 N–H and O–H groups in total. The predicted octanol–water partition coefficient (Wildman–Crippen LogP) is 3.65. The summed E-state index contributed by atoms with van der Waals surface area (Å²) in [4.78, 5) is 22.2. The van der Waals surface area contributed by atoms with Crippen LogP contribution >= 0.6 is 11.6 Å². The van der Waals surface area contributed by atoms with E-state index in [9.17, 15) is 14.9 Å². The minimum atomic E-state index is -0.780. The van der Waals surface area contributed by atoms with E-state index in [2.05, 4.69) is 5.32 Å². The molecule has 0 aliphatic heterocycles.